The number of nitrogens with one attached hydrogen (secondary N) is 1. The Kier molecular flexibility index (Phi) is 6.58. The molecule has 2 saturated heterocycles. The van der Waals surface area contributed by atoms with E-state index in [-0.39, 0.29) is 12.0 Å². The molecule has 2 aromatic rings. The van der Waals surface area contributed by atoms with E-state index in [1.807, 2.05) is 9.58 Å². The second-order valence-corrected chi connectivity index (χ2v) is 7.63. The molecule has 0 bridgehead atoms. The topological polar surface area (TPSA) is 87.9 Å². The number of rotatable bonds is 5. The van der Waals surface area contributed by atoms with Gasteiger partial charge < -0.3 is 19.9 Å². The quantitative estimate of drug-likeness (QED) is 0.576. The average Bonchev–Trinajstić information content (AvgIpc) is 3.49. The molecule has 1 amide bonds. The number of guanidine groups is 1. The van der Waals surface area contributed by atoms with Crippen LogP contribution < -0.4 is 5.32 Å². The first-order valence-electron chi connectivity index (χ1n) is 10.5. The highest BCUT2D eigenvalue weighted by atomic mass is 16.5. The van der Waals surface area contributed by atoms with Crippen LogP contribution in [0.4, 0.5) is 0 Å². The van der Waals surface area contributed by atoms with Gasteiger partial charge in [-0.15, -0.1) is 0 Å². The van der Waals surface area contributed by atoms with Crippen LogP contribution in [-0.4, -0.2) is 82.4 Å². The first-order chi connectivity index (χ1) is 14.7. The Morgan fingerprint density at radius 2 is 2.03 bits per heavy atom. The van der Waals surface area contributed by atoms with Gasteiger partial charge in [-0.1, -0.05) is 24.3 Å². The molecule has 1 atom stereocenters. The molecule has 0 aliphatic carbocycles. The summed E-state index contributed by atoms with van der Waals surface area (Å²) in [5.74, 6) is 1.00. The van der Waals surface area contributed by atoms with Gasteiger partial charge in [-0.2, -0.15) is 5.10 Å². The highest BCUT2D eigenvalue weighted by molar-refractivity contribution is 5.82. The van der Waals surface area contributed by atoms with E-state index in [4.69, 9.17) is 4.74 Å². The van der Waals surface area contributed by atoms with E-state index in [0.717, 1.165) is 31.9 Å². The molecule has 4 rings (SSSR count). The SMILES string of the molecule is CN=C(NCc1cccc(Cn2cncn2)c1)N1CCN(C(=O)C2CCCO2)CC1. The third-order valence-corrected chi connectivity index (χ3v) is 5.56. The van der Waals surface area contributed by atoms with Crippen LogP contribution in [0.5, 0.6) is 0 Å². The maximum absolute atomic E-state index is 12.5. The predicted octanol–water partition coefficient (Wildman–Crippen LogP) is 0.725. The maximum Gasteiger partial charge on any atom is 0.251 e. The van der Waals surface area contributed by atoms with Gasteiger partial charge in [-0.25, -0.2) is 9.67 Å². The van der Waals surface area contributed by atoms with Crippen molar-refractivity contribution in [3.63, 3.8) is 0 Å². The monoisotopic (exact) mass is 411 g/mol. The van der Waals surface area contributed by atoms with Crippen LogP contribution in [0, 0.1) is 0 Å². The van der Waals surface area contributed by atoms with Crippen molar-refractivity contribution in [3.8, 4) is 0 Å². The van der Waals surface area contributed by atoms with E-state index < -0.39 is 0 Å². The Bertz CT molecular complexity index is 854. The number of carbonyl (C=O) groups is 1. The molecule has 1 N–H and O–H groups in total. The van der Waals surface area contributed by atoms with Crippen molar-refractivity contribution in [3.05, 3.63) is 48.0 Å². The van der Waals surface area contributed by atoms with Gasteiger partial charge in [0.05, 0.1) is 6.54 Å². The third-order valence-electron chi connectivity index (χ3n) is 5.56. The number of hydrogen-bond donors (Lipinski definition) is 1. The maximum atomic E-state index is 12.5. The fraction of sp³-hybridized carbons (Fsp3) is 0.524. The van der Waals surface area contributed by atoms with Crippen molar-refractivity contribution in [1.82, 2.24) is 29.9 Å². The number of aliphatic imine (C=N–C) groups is 1. The zero-order valence-electron chi connectivity index (χ0n) is 17.4. The van der Waals surface area contributed by atoms with E-state index in [1.54, 1.807) is 19.7 Å². The molecule has 9 nitrogen and oxygen atoms in total. The van der Waals surface area contributed by atoms with Crippen LogP contribution in [-0.2, 0) is 22.6 Å². The minimum absolute atomic E-state index is 0.138. The molecule has 1 aromatic carbocycles. The molecule has 2 aliphatic heterocycles. The van der Waals surface area contributed by atoms with Crippen molar-refractivity contribution >= 4 is 11.9 Å². The van der Waals surface area contributed by atoms with E-state index >= 15 is 0 Å². The zero-order chi connectivity index (χ0) is 20.8. The minimum Gasteiger partial charge on any atom is -0.368 e. The van der Waals surface area contributed by atoms with Gasteiger partial charge in [0.25, 0.3) is 5.91 Å². The molecular formula is C21H29N7O2. The van der Waals surface area contributed by atoms with Crippen molar-refractivity contribution in [2.24, 2.45) is 4.99 Å². The van der Waals surface area contributed by atoms with Crippen molar-refractivity contribution in [2.45, 2.75) is 32.0 Å². The van der Waals surface area contributed by atoms with Crippen LogP contribution in [0.2, 0.25) is 0 Å². The number of hydrogen-bond acceptors (Lipinski definition) is 5. The highest BCUT2D eigenvalue weighted by Crippen LogP contribution is 2.16. The molecule has 0 radical (unpaired) electrons. The van der Waals surface area contributed by atoms with Crippen molar-refractivity contribution in [2.75, 3.05) is 39.8 Å². The van der Waals surface area contributed by atoms with Crippen molar-refractivity contribution < 1.29 is 9.53 Å². The fourth-order valence-electron chi connectivity index (χ4n) is 3.97. The molecule has 2 aliphatic rings. The summed E-state index contributed by atoms with van der Waals surface area (Å²) in [6.07, 6.45) is 4.85. The predicted molar refractivity (Wildman–Crippen MR) is 113 cm³/mol. The Balaban J connectivity index is 1.28. The number of amides is 1. The smallest absolute Gasteiger partial charge is 0.251 e. The lowest BCUT2D eigenvalue weighted by Gasteiger charge is -2.37. The number of benzene rings is 1. The van der Waals surface area contributed by atoms with E-state index in [2.05, 4.69) is 49.6 Å². The molecule has 2 fully saturated rings. The van der Waals surface area contributed by atoms with Crippen LogP contribution in [0.1, 0.15) is 24.0 Å². The molecule has 1 aromatic heterocycles. The van der Waals surface area contributed by atoms with E-state index in [0.29, 0.717) is 32.8 Å². The largest absolute Gasteiger partial charge is 0.368 e. The van der Waals surface area contributed by atoms with Crippen LogP contribution >= 0.6 is 0 Å². The van der Waals surface area contributed by atoms with Crippen LogP contribution in [0.15, 0.2) is 41.9 Å². The summed E-state index contributed by atoms with van der Waals surface area (Å²) in [5.41, 5.74) is 2.36. The molecule has 0 saturated carbocycles. The Labute approximate surface area is 176 Å². The second kappa shape index (κ2) is 9.71. The van der Waals surface area contributed by atoms with E-state index in [9.17, 15) is 4.79 Å². The number of piperazine rings is 1. The lowest BCUT2D eigenvalue weighted by Crippen LogP contribution is -2.55. The minimum atomic E-state index is -0.237. The van der Waals surface area contributed by atoms with Gasteiger partial charge in [0, 0.05) is 46.4 Å². The van der Waals surface area contributed by atoms with Gasteiger partial charge in [-0.05, 0) is 24.0 Å². The normalized spacial score (nSPS) is 19.9. The number of aromatic nitrogens is 3. The Morgan fingerprint density at radius 3 is 2.73 bits per heavy atom. The highest BCUT2D eigenvalue weighted by Gasteiger charge is 2.30. The molecule has 3 heterocycles. The molecule has 30 heavy (non-hydrogen) atoms. The lowest BCUT2D eigenvalue weighted by atomic mass is 10.1. The number of ether oxygens (including phenoxy) is 1. The lowest BCUT2D eigenvalue weighted by molar-refractivity contribution is -0.142. The van der Waals surface area contributed by atoms with Gasteiger partial charge in [0.2, 0.25) is 0 Å². The summed E-state index contributed by atoms with van der Waals surface area (Å²) in [6.45, 7) is 5.03. The number of nitrogens with zero attached hydrogens (tertiary/aromatic N) is 6. The second-order valence-electron chi connectivity index (χ2n) is 7.63. The summed E-state index contributed by atoms with van der Waals surface area (Å²) in [6, 6.07) is 8.41. The summed E-state index contributed by atoms with van der Waals surface area (Å²) in [5, 5.41) is 7.62. The molecule has 160 valence electrons. The van der Waals surface area contributed by atoms with Crippen LogP contribution in [0.3, 0.4) is 0 Å². The van der Waals surface area contributed by atoms with Gasteiger partial charge in [0.1, 0.15) is 18.8 Å². The Hall–Kier alpha value is -2.94. The summed E-state index contributed by atoms with van der Waals surface area (Å²) in [7, 11) is 1.80. The first-order valence-corrected chi connectivity index (χ1v) is 10.5. The molecular weight excluding hydrogens is 382 g/mol. The summed E-state index contributed by atoms with van der Waals surface area (Å²) in [4.78, 5) is 25.1. The first kappa shape index (κ1) is 20.3. The standard InChI is InChI=1S/C21H29N7O2/c1-22-21(27-9-7-26(8-10-27)20(29)19-6-3-11-30-19)24-13-17-4-2-5-18(12-17)14-28-16-23-15-25-28/h2,4-5,12,15-16,19H,3,6-11,13-14H2,1H3,(H,22,24). The van der Waals surface area contributed by atoms with Gasteiger partial charge in [-0.3, -0.25) is 9.79 Å². The number of carbonyl (C=O) groups excluding carboxylic acids is 1. The van der Waals surface area contributed by atoms with Crippen LogP contribution in [0.25, 0.3) is 0 Å². The van der Waals surface area contributed by atoms with Gasteiger partial charge in [0.15, 0.2) is 5.96 Å². The summed E-state index contributed by atoms with van der Waals surface area (Å²) >= 11 is 0. The average molecular weight is 412 g/mol. The Morgan fingerprint density at radius 1 is 1.23 bits per heavy atom. The molecule has 1 unspecified atom stereocenters. The van der Waals surface area contributed by atoms with E-state index in [1.165, 1.54) is 11.1 Å². The van der Waals surface area contributed by atoms with Crippen molar-refractivity contribution in [1.29, 1.82) is 0 Å². The summed E-state index contributed by atoms with van der Waals surface area (Å²) < 4.78 is 7.35. The molecule has 0 spiro atoms. The zero-order valence-corrected chi connectivity index (χ0v) is 17.4. The fourth-order valence-corrected chi connectivity index (χ4v) is 3.97. The molecule has 9 heteroatoms. The third kappa shape index (κ3) is 4.96. The van der Waals surface area contributed by atoms with Gasteiger partial charge >= 0.3 is 0 Å².